The van der Waals surface area contributed by atoms with Crippen LogP contribution in [0.1, 0.15) is 47.0 Å². The van der Waals surface area contributed by atoms with Crippen molar-refractivity contribution in [3.63, 3.8) is 0 Å². The van der Waals surface area contributed by atoms with Gasteiger partial charge in [0, 0.05) is 38.8 Å². The lowest BCUT2D eigenvalue weighted by molar-refractivity contribution is 0.0503. The van der Waals surface area contributed by atoms with Crippen molar-refractivity contribution in [3.8, 4) is 0 Å². The lowest BCUT2D eigenvalue weighted by atomic mass is 10.1. The van der Waals surface area contributed by atoms with Gasteiger partial charge in [-0.3, -0.25) is 0 Å². The topological polar surface area (TPSA) is 44.8 Å². The summed E-state index contributed by atoms with van der Waals surface area (Å²) in [5, 5.41) is 3.03. The number of nitrogens with one attached hydrogen (secondary N) is 1. The fraction of sp³-hybridized carbons (Fsp3) is 0.941. The number of hydrogen-bond donors (Lipinski definition) is 1. The van der Waals surface area contributed by atoms with Crippen LogP contribution in [0, 0.1) is 5.92 Å². The zero-order valence-electron chi connectivity index (χ0n) is 14.7. The maximum Gasteiger partial charge on any atom is 0.407 e. The second kappa shape index (κ2) is 7.64. The summed E-state index contributed by atoms with van der Waals surface area (Å²) in [6, 6.07) is 0.289. The highest BCUT2D eigenvalue weighted by atomic mass is 16.6. The number of nitrogens with zero attached hydrogens (tertiary/aromatic N) is 2. The molecule has 1 saturated heterocycles. The van der Waals surface area contributed by atoms with Gasteiger partial charge in [0.1, 0.15) is 5.60 Å². The van der Waals surface area contributed by atoms with Crippen LogP contribution in [0.3, 0.4) is 0 Å². The van der Waals surface area contributed by atoms with Gasteiger partial charge in [-0.05, 0) is 52.5 Å². The summed E-state index contributed by atoms with van der Waals surface area (Å²) in [7, 11) is 0. The zero-order chi connectivity index (χ0) is 16.2. The summed E-state index contributed by atoms with van der Waals surface area (Å²) in [6.07, 6.45) is 3.12. The first kappa shape index (κ1) is 17.5. The molecular weight excluding hydrogens is 278 g/mol. The van der Waals surface area contributed by atoms with Gasteiger partial charge >= 0.3 is 6.09 Å². The van der Waals surface area contributed by atoms with E-state index in [0.29, 0.717) is 5.92 Å². The summed E-state index contributed by atoms with van der Waals surface area (Å²) in [4.78, 5) is 16.9. The Morgan fingerprint density at radius 3 is 2.36 bits per heavy atom. The number of amides is 1. The normalized spacial score (nSPS) is 27.8. The standard InChI is InChI=1S/C17H33N3O2/c1-5-19-8-10-20(11-9-19)13-14-6-7-15(12-14)18-16(21)22-17(2,3)4/h14-15H,5-13H2,1-4H3,(H,18,21)/t14-,15?/m0/s1. The summed E-state index contributed by atoms with van der Waals surface area (Å²) in [5.41, 5.74) is -0.416. The first-order chi connectivity index (χ1) is 10.4. The van der Waals surface area contributed by atoms with E-state index in [0.717, 1.165) is 12.8 Å². The number of likely N-dealkylation sites (N-methyl/N-ethyl adjacent to an activating group) is 1. The molecule has 0 bridgehead atoms. The van der Waals surface area contributed by atoms with E-state index >= 15 is 0 Å². The molecule has 0 aromatic heterocycles. The maximum atomic E-state index is 11.8. The van der Waals surface area contributed by atoms with Crippen LogP contribution < -0.4 is 5.32 Å². The highest BCUT2D eigenvalue weighted by Crippen LogP contribution is 2.27. The van der Waals surface area contributed by atoms with Crippen molar-refractivity contribution >= 4 is 6.09 Å². The van der Waals surface area contributed by atoms with Gasteiger partial charge in [0.05, 0.1) is 0 Å². The molecule has 2 atom stereocenters. The molecule has 0 aromatic carbocycles. The molecule has 5 nitrogen and oxygen atoms in total. The molecule has 1 heterocycles. The molecule has 1 aliphatic carbocycles. The molecule has 1 aliphatic heterocycles. The van der Waals surface area contributed by atoms with Crippen LogP contribution in [-0.4, -0.2) is 66.8 Å². The largest absolute Gasteiger partial charge is 0.444 e. The SMILES string of the molecule is CCN1CCN(C[C@H]2CCC(NC(=O)OC(C)(C)C)C2)CC1. The quantitative estimate of drug-likeness (QED) is 0.865. The molecule has 0 spiro atoms. The lowest BCUT2D eigenvalue weighted by Crippen LogP contribution is -2.47. The van der Waals surface area contributed by atoms with E-state index in [-0.39, 0.29) is 12.1 Å². The number of piperazine rings is 1. The van der Waals surface area contributed by atoms with E-state index in [9.17, 15) is 4.79 Å². The van der Waals surface area contributed by atoms with Crippen molar-refractivity contribution in [3.05, 3.63) is 0 Å². The van der Waals surface area contributed by atoms with Crippen LogP contribution in [0.15, 0.2) is 0 Å². The van der Waals surface area contributed by atoms with Crippen molar-refractivity contribution in [2.45, 2.75) is 58.6 Å². The van der Waals surface area contributed by atoms with E-state index < -0.39 is 5.60 Å². The first-order valence-electron chi connectivity index (χ1n) is 8.80. The lowest BCUT2D eigenvalue weighted by Gasteiger charge is -2.35. The van der Waals surface area contributed by atoms with Gasteiger partial charge in [-0.1, -0.05) is 6.92 Å². The highest BCUT2D eigenvalue weighted by molar-refractivity contribution is 5.68. The van der Waals surface area contributed by atoms with Gasteiger partial charge in [-0.2, -0.15) is 0 Å². The van der Waals surface area contributed by atoms with Gasteiger partial charge in [-0.25, -0.2) is 4.79 Å². The Balaban J connectivity index is 1.66. The van der Waals surface area contributed by atoms with Crippen LogP contribution >= 0.6 is 0 Å². The molecular formula is C17H33N3O2. The molecule has 1 saturated carbocycles. The monoisotopic (exact) mass is 311 g/mol. The summed E-state index contributed by atoms with van der Waals surface area (Å²) >= 11 is 0. The van der Waals surface area contributed by atoms with Crippen molar-refractivity contribution in [2.75, 3.05) is 39.3 Å². The van der Waals surface area contributed by atoms with Gasteiger partial charge < -0.3 is 19.9 Å². The number of carbonyl (C=O) groups excluding carboxylic acids is 1. The summed E-state index contributed by atoms with van der Waals surface area (Å²) < 4.78 is 5.34. The average Bonchev–Trinajstić information content (AvgIpc) is 2.84. The molecule has 0 radical (unpaired) electrons. The van der Waals surface area contributed by atoms with Crippen molar-refractivity contribution in [2.24, 2.45) is 5.92 Å². The molecule has 2 rings (SSSR count). The van der Waals surface area contributed by atoms with Crippen molar-refractivity contribution < 1.29 is 9.53 Å². The Morgan fingerprint density at radius 1 is 1.14 bits per heavy atom. The van der Waals surface area contributed by atoms with E-state index in [2.05, 4.69) is 22.0 Å². The van der Waals surface area contributed by atoms with E-state index in [1.54, 1.807) is 0 Å². The molecule has 0 aromatic rings. The molecule has 128 valence electrons. The Morgan fingerprint density at radius 2 is 1.77 bits per heavy atom. The number of rotatable bonds is 4. The predicted octanol–water partition coefficient (Wildman–Crippen LogP) is 2.32. The molecule has 2 aliphatic rings. The number of carbonyl (C=O) groups is 1. The minimum Gasteiger partial charge on any atom is -0.444 e. The van der Waals surface area contributed by atoms with E-state index in [1.165, 1.54) is 45.7 Å². The Kier molecular flexibility index (Phi) is 6.09. The number of alkyl carbamates (subject to hydrolysis) is 1. The molecule has 22 heavy (non-hydrogen) atoms. The van der Waals surface area contributed by atoms with Crippen LogP contribution in [0.2, 0.25) is 0 Å². The van der Waals surface area contributed by atoms with Crippen molar-refractivity contribution in [1.82, 2.24) is 15.1 Å². The molecule has 1 unspecified atom stereocenters. The Labute approximate surface area is 135 Å². The first-order valence-corrected chi connectivity index (χ1v) is 8.80. The predicted molar refractivity (Wildman–Crippen MR) is 89.1 cm³/mol. The third kappa shape index (κ3) is 5.76. The van der Waals surface area contributed by atoms with Gasteiger partial charge in [0.25, 0.3) is 0 Å². The van der Waals surface area contributed by atoms with E-state index in [4.69, 9.17) is 4.74 Å². The maximum absolute atomic E-state index is 11.8. The minimum atomic E-state index is -0.416. The van der Waals surface area contributed by atoms with Crippen LogP contribution in [0.25, 0.3) is 0 Å². The van der Waals surface area contributed by atoms with Gasteiger partial charge in [0.15, 0.2) is 0 Å². The summed E-state index contributed by atoms with van der Waals surface area (Å²) in [6.45, 7) is 15.1. The highest BCUT2D eigenvalue weighted by Gasteiger charge is 2.29. The Hall–Kier alpha value is -0.810. The minimum absolute atomic E-state index is 0.269. The molecule has 5 heteroatoms. The fourth-order valence-corrected chi connectivity index (χ4v) is 3.50. The van der Waals surface area contributed by atoms with Gasteiger partial charge in [-0.15, -0.1) is 0 Å². The average molecular weight is 311 g/mol. The van der Waals surface area contributed by atoms with Gasteiger partial charge in [0.2, 0.25) is 0 Å². The molecule has 1 N–H and O–H groups in total. The third-order valence-electron chi connectivity index (χ3n) is 4.69. The fourth-order valence-electron chi connectivity index (χ4n) is 3.50. The second-order valence-corrected chi connectivity index (χ2v) is 7.76. The van der Waals surface area contributed by atoms with Crippen LogP contribution in [0.5, 0.6) is 0 Å². The third-order valence-corrected chi connectivity index (χ3v) is 4.69. The molecule has 1 amide bonds. The smallest absolute Gasteiger partial charge is 0.407 e. The zero-order valence-corrected chi connectivity index (χ0v) is 14.7. The number of hydrogen-bond acceptors (Lipinski definition) is 4. The van der Waals surface area contributed by atoms with Crippen molar-refractivity contribution in [1.29, 1.82) is 0 Å². The number of ether oxygens (including phenoxy) is 1. The van der Waals surface area contributed by atoms with Crippen LogP contribution in [0.4, 0.5) is 4.79 Å². The van der Waals surface area contributed by atoms with Crippen LogP contribution in [-0.2, 0) is 4.74 Å². The Bertz CT molecular complexity index is 359. The summed E-state index contributed by atoms with van der Waals surface area (Å²) in [5.74, 6) is 0.716. The second-order valence-electron chi connectivity index (χ2n) is 7.76. The molecule has 2 fully saturated rings. The van der Waals surface area contributed by atoms with E-state index in [1.807, 2.05) is 20.8 Å².